The molecule has 0 aliphatic rings. The van der Waals surface area contributed by atoms with Gasteiger partial charge in [-0.1, -0.05) is 24.3 Å². The summed E-state index contributed by atoms with van der Waals surface area (Å²) >= 11 is 0. The van der Waals surface area contributed by atoms with Gasteiger partial charge in [0.25, 0.3) is 0 Å². The lowest BCUT2D eigenvalue weighted by Crippen LogP contribution is -2.19. The summed E-state index contributed by atoms with van der Waals surface area (Å²) in [5, 5.41) is 12.6. The molecule has 3 rings (SSSR count). The second-order valence-electron chi connectivity index (χ2n) is 5.97. The molecule has 146 valence electrons. The van der Waals surface area contributed by atoms with Crippen LogP contribution >= 0.6 is 0 Å². The quantitative estimate of drug-likeness (QED) is 0.634. The summed E-state index contributed by atoms with van der Waals surface area (Å²) in [7, 11) is 0. The number of benzene rings is 2. The third kappa shape index (κ3) is 5.32. The van der Waals surface area contributed by atoms with E-state index in [4.69, 9.17) is 5.26 Å². The second-order valence-corrected chi connectivity index (χ2v) is 5.97. The van der Waals surface area contributed by atoms with E-state index in [1.807, 2.05) is 30.3 Å². The van der Waals surface area contributed by atoms with Crippen molar-refractivity contribution in [3.8, 4) is 11.8 Å². The minimum atomic E-state index is -4.51. The molecule has 1 N–H and O–H groups in total. The number of nitriles is 1. The maximum atomic E-state index is 12.3. The molecule has 0 unspecified atom stereocenters. The number of hydrogen-bond acceptors (Lipinski definition) is 4. The number of ether oxygens (including phenoxy) is 1. The maximum Gasteiger partial charge on any atom is 0.422 e. The molecule has 1 amide bonds. The number of halogens is 3. The van der Waals surface area contributed by atoms with Crippen molar-refractivity contribution in [1.29, 1.82) is 5.26 Å². The third-order valence-electron chi connectivity index (χ3n) is 3.84. The molecule has 0 radical (unpaired) electrons. The first-order chi connectivity index (χ1) is 13.9. The van der Waals surface area contributed by atoms with Gasteiger partial charge >= 0.3 is 6.18 Å². The minimum Gasteiger partial charge on any atom is -0.483 e. The SMILES string of the molecule is N#Cc1cc(NC(=O)C=Cc2cccc3cccnc23)ccc1OCC(F)(F)F. The summed E-state index contributed by atoms with van der Waals surface area (Å²) in [4.78, 5) is 16.5. The van der Waals surface area contributed by atoms with Crippen LogP contribution < -0.4 is 10.1 Å². The average Bonchev–Trinajstić information content (AvgIpc) is 2.70. The van der Waals surface area contributed by atoms with Crippen molar-refractivity contribution in [2.24, 2.45) is 0 Å². The van der Waals surface area contributed by atoms with Crippen molar-refractivity contribution in [2.45, 2.75) is 6.18 Å². The first-order valence-corrected chi connectivity index (χ1v) is 8.42. The van der Waals surface area contributed by atoms with Gasteiger partial charge in [0, 0.05) is 28.9 Å². The van der Waals surface area contributed by atoms with Crippen molar-refractivity contribution < 1.29 is 22.7 Å². The zero-order valence-electron chi connectivity index (χ0n) is 14.9. The number of fused-ring (bicyclic) bond motifs is 1. The van der Waals surface area contributed by atoms with Crippen LogP contribution in [0.1, 0.15) is 11.1 Å². The third-order valence-corrected chi connectivity index (χ3v) is 3.84. The van der Waals surface area contributed by atoms with E-state index >= 15 is 0 Å². The Morgan fingerprint density at radius 2 is 2.00 bits per heavy atom. The molecular formula is C21H14F3N3O2. The van der Waals surface area contributed by atoms with Crippen LogP contribution in [0.15, 0.2) is 60.8 Å². The number of pyridine rings is 1. The predicted octanol–water partition coefficient (Wildman–Crippen LogP) is 4.70. The highest BCUT2D eigenvalue weighted by atomic mass is 19.4. The van der Waals surface area contributed by atoms with Gasteiger partial charge in [0.05, 0.1) is 11.1 Å². The maximum absolute atomic E-state index is 12.3. The van der Waals surface area contributed by atoms with Crippen LogP contribution in [0.25, 0.3) is 17.0 Å². The summed E-state index contributed by atoms with van der Waals surface area (Å²) in [6.45, 7) is -1.50. The monoisotopic (exact) mass is 397 g/mol. The van der Waals surface area contributed by atoms with E-state index in [2.05, 4.69) is 15.0 Å². The second kappa shape index (κ2) is 8.44. The summed E-state index contributed by atoms with van der Waals surface area (Å²) in [6, 6.07) is 14.9. The summed E-state index contributed by atoms with van der Waals surface area (Å²) in [5.74, 6) is -0.675. The van der Waals surface area contributed by atoms with Gasteiger partial charge in [-0.15, -0.1) is 0 Å². The molecule has 29 heavy (non-hydrogen) atoms. The zero-order valence-corrected chi connectivity index (χ0v) is 14.9. The van der Waals surface area contributed by atoms with Gasteiger partial charge in [0.15, 0.2) is 6.61 Å². The van der Waals surface area contributed by atoms with E-state index in [-0.39, 0.29) is 17.0 Å². The molecule has 1 aromatic heterocycles. The Morgan fingerprint density at radius 1 is 1.21 bits per heavy atom. The van der Waals surface area contributed by atoms with Crippen molar-refractivity contribution in [1.82, 2.24) is 4.98 Å². The molecule has 0 aliphatic carbocycles. The average molecular weight is 397 g/mol. The van der Waals surface area contributed by atoms with Crippen molar-refractivity contribution in [3.05, 3.63) is 71.9 Å². The van der Waals surface area contributed by atoms with Gasteiger partial charge in [-0.3, -0.25) is 9.78 Å². The van der Waals surface area contributed by atoms with E-state index in [0.29, 0.717) is 0 Å². The topological polar surface area (TPSA) is 75.0 Å². The number of nitrogens with one attached hydrogen (secondary N) is 1. The number of alkyl halides is 3. The Hall–Kier alpha value is -3.86. The molecule has 5 nitrogen and oxygen atoms in total. The molecule has 1 heterocycles. The zero-order chi connectivity index (χ0) is 20.9. The number of anilines is 1. The number of aromatic nitrogens is 1. The van der Waals surface area contributed by atoms with Gasteiger partial charge in [-0.2, -0.15) is 18.4 Å². The van der Waals surface area contributed by atoms with Gasteiger partial charge < -0.3 is 10.1 Å². The summed E-state index contributed by atoms with van der Waals surface area (Å²) in [6.07, 6.45) is 0.0622. The lowest BCUT2D eigenvalue weighted by atomic mass is 10.1. The molecule has 0 bridgehead atoms. The fourth-order valence-electron chi connectivity index (χ4n) is 2.59. The molecule has 0 fully saturated rings. The Morgan fingerprint density at radius 3 is 2.76 bits per heavy atom. The first kappa shape index (κ1) is 19.9. The normalized spacial score (nSPS) is 11.4. The minimum absolute atomic E-state index is 0.116. The highest BCUT2D eigenvalue weighted by Crippen LogP contribution is 2.25. The molecule has 0 saturated heterocycles. The van der Waals surface area contributed by atoms with E-state index in [1.54, 1.807) is 18.3 Å². The smallest absolute Gasteiger partial charge is 0.422 e. The van der Waals surface area contributed by atoms with Gasteiger partial charge in [-0.05, 0) is 30.3 Å². The molecule has 8 heteroatoms. The van der Waals surface area contributed by atoms with Crippen LogP contribution in [0.4, 0.5) is 18.9 Å². The largest absolute Gasteiger partial charge is 0.483 e. The number of nitrogens with zero attached hydrogens (tertiary/aromatic N) is 2. The fraction of sp³-hybridized carbons (Fsp3) is 0.0952. The molecule has 2 aromatic carbocycles. The predicted molar refractivity (Wildman–Crippen MR) is 102 cm³/mol. The number of carbonyl (C=O) groups excluding carboxylic acids is 1. The fourth-order valence-corrected chi connectivity index (χ4v) is 2.59. The van der Waals surface area contributed by atoms with Crippen LogP contribution in [0, 0.1) is 11.3 Å². The van der Waals surface area contributed by atoms with E-state index in [1.165, 1.54) is 24.3 Å². The highest BCUT2D eigenvalue weighted by molar-refractivity contribution is 6.03. The van der Waals surface area contributed by atoms with Crippen LogP contribution in [0.2, 0.25) is 0 Å². The lowest BCUT2D eigenvalue weighted by Gasteiger charge is -2.11. The highest BCUT2D eigenvalue weighted by Gasteiger charge is 2.28. The number of carbonyl (C=O) groups is 1. The van der Waals surface area contributed by atoms with Crippen LogP contribution in [-0.4, -0.2) is 23.7 Å². The van der Waals surface area contributed by atoms with Crippen molar-refractivity contribution in [2.75, 3.05) is 11.9 Å². The molecule has 0 aliphatic heterocycles. The van der Waals surface area contributed by atoms with E-state index in [0.717, 1.165) is 16.5 Å². The number of hydrogen-bond donors (Lipinski definition) is 1. The summed E-state index contributed by atoms with van der Waals surface area (Å²) in [5.41, 5.74) is 1.64. The van der Waals surface area contributed by atoms with Crippen LogP contribution in [0.3, 0.4) is 0 Å². The molecule has 0 spiro atoms. The molecule has 3 aromatic rings. The van der Waals surface area contributed by atoms with Crippen molar-refractivity contribution >= 4 is 28.6 Å². The van der Waals surface area contributed by atoms with Gasteiger partial charge in [-0.25, -0.2) is 0 Å². The molecular weight excluding hydrogens is 383 g/mol. The number of rotatable bonds is 5. The molecule has 0 saturated carbocycles. The number of amides is 1. The first-order valence-electron chi connectivity index (χ1n) is 8.42. The van der Waals surface area contributed by atoms with E-state index in [9.17, 15) is 18.0 Å². The lowest BCUT2D eigenvalue weighted by molar-refractivity contribution is -0.153. The number of para-hydroxylation sites is 1. The Bertz CT molecular complexity index is 1110. The van der Waals surface area contributed by atoms with Crippen LogP contribution in [-0.2, 0) is 4.79 Å². The Balaban J connectivity index is 1.72. The van der Waals surface area contributed by atoms with Gasteiger partial charge in [0.2, 0.25) is 5.91 Å². The Kier molecular flexibility index (Phi) is 5.79. The van der Waals surface area contributed by atoms with Crippen LogP contribution in [0.5, 0.6) is 5.75 Å². The molecule has 0 atom stereocenters. The Labute approximate surface area is 164 Å². The van der Waals surface area contributed by atoms with Crippen molar-refractivity contribution in [3.63, 3.8) is 0 Å². The standard InChI is InChI=1S/C21H14F3N3O2/c22-21(23,24)13-29-18-8-7-17(11-16(18)12-25)27-19(28)9-6-15-4-1-3-14-5-2-10-26-20(14)15/h1-11H,13H2,(H,27,28). The van der Waals surface area contributed by atoms with E-state index < -0.39 is 18.7 Å². The van der Waals surface area contributed by atoms with Gasteiger partial charge in [0.1, 0.15) is 11.8 Å². The summed E-state index contributed by atoms with van der Waals surface area (Å²) < 4.78 is 41.4.